The number of amides is 1. The first-order chi connectivity index (χ1) is 11.9. The van der Waals surface area contributed by atoms with Crippen molar-refractivity contribution < 1.29 is 19.4 Å². The van der Waals surface area contributed by atoms with E-state index in [2.05, 4.69) is 5.32 Å². The van der Waals surface area contributed by atoms with E-state index in [0.29, 0.717) is 21.9 Å². The second kappa shape index (κ2) is 8.03. The average molecular weight is 362 g/mol. The van der Waals surface area contributed by atoms with Gasteiger partial charge in [-0.05, 0) is 30.2 Å². The first kappa shape index (κ1) is 18.8. The van der Waals surface area contributed by atoms with E-state index in [0.717, 1.165) is 0 Å². The standard InChI is InChI=1S/C19H20ClNO4/c1-3-19(18(23)24,14-8-10-15(20)11-9-14)21-17(22)12-13-6-4-5-7-16(13)25-2/h4-11H,3,12H2,1-2H3,(H,21,22)(H,23,24). The van der Waals surface area contributed by atoms with Crippen molar-refractivity contribution in [1.82, 2.24) is 5.32 Å². The summed E-state index contributed by atoms with van der Waals surface area (Å²) in [5.74, 6) is -0.934. The molecule has 0 aliphatic carbocycles. The van der Waals surface area contributed by atoms with E-state index in [4.69, 9.17) is 16.3 Å². The number of carbonyl (C=O) groups is 2. The zero-order valence-electron chi connectivity index (χ0n) is 14.1. The van der Waals surface area contributed by atoms with Crippen LogP contribution < -0.4 is 10.1 Å². The lowest BCUT2D eigenvalue weighted by Gasteiger charge is -2.30. The SMILES string of the molecule is CCC(NC(=O)Cc1ccccc1OC)(C(=O)O)c1ccc(Cl)cc1. The average Bonchev–Trinajstić information content (AvgIpc) is 2.60. The minimum atomic E-state index is -1.51. The molecular formula is C19H20ClNO4. The van der Waals surface area contributed by atoms with Gasteiger partial charge in [-0.25, -0.2) is 4.79 Å². The molecule has 0 spiro atoms. The van der Waals surface area contributed by atoms with E-state index >= 15 is 0 Å². The fourth-order valence-corrected chi connectivity index (χ4v) is 2.86. The molecule has 0 bridgehead atoms. The zero-order valence-corrected chi connectivity index (χ0v) is 14.8. The highest BCUT2D eigenvalue weighted by atomic mass is 35.5. The van der Waals surface area contributed by atoms with Gasteiger partial charge in [0.25, 0.3) is 0 Å². The molecule has 0 heterocycles. The molecule has 0 saturated carbocycles. The third-order valence-electron chi connectivity index (χ3n) is 4.13. The highest BCUT2D eigenvalue weighted by Gasteiger charge is 2.40. The Morgan fingerprint density at radius 1 is 1.16 bits per heavy atom. The van der Waals surface area contributed by atoms with Crippen LogP contribution in [0.3, 0.4) is 0 Å². The number of rotatable bonds is 7. The normalized spacial score (nSPS) is 12.9. The molecule has 1 amide bonds. The molecule has 0 saturated heterocycles. The first-order valence-corrected chi connectivity index (χ1v) is 8.23. The van der Waals surface area contributed by atoms with Gasteiger partial charge in [-0.15, -0.1) is 0 Å². The van der Waals surface area contributed by atoms with Crippen molar-refractivity contribution in [2.45, 2.75) is 25.3 Å². The zero-order chi connectivity index (χ0) is 18.4. The Balaban J connectivity index is 2.29. The summed E-state index contributed by atoms with van der Waals surface area (Å²) in [5, 5.41) is 13.0. The highest BCUT2D eigenvalue weighted by molar-refractivity contribution is 6.30. The van der Waals surface area contributed by atoms with Crippen LogP contribution in [0.25, 0.3) is 0 Å². The quantitative estimate of drug-likeness (QED) is 0.792. The summed E-state index contributed by atoms with van der Waals surface area (Å²) in [6.07, 6.45) is 0.217. The molecule has 132 valence electrons. The number of hydrogen-bond acceptors (Lipinski definition) is 3. The van der Waals surface area contributed by atoms with Crippen molar-refractivity contribution in [2.24, 2.45) is 0 Å². The summed E-state index contributed by atoms with van der Waals surface area (Å²) in [4.78, 5) is 24.5. The molecule has 2 N–H and O–H groups in total. The molecule has 1 atom stereocenters. The Bertz CT molecular complexity index is 760. The maximum Gasteiger partial charge on any atom is 0.334 e. The van der Waals surface area contributed by atoms with Gasteiger partial charge in [0.1, 0.15) is 5.75 Å². The summed E-state index contributed by atoms with van der Waals surface area (Å²) in [6.45, 7) is 1.71. The molecule has 2 aromatic carbocycles. The Kier molecular flexibility index (Phi) is 6.04. The first-order valence-electron chi connectivity index (χ1n) is 7.85. The molecule has 0 aliphatic heterocycles. The summed E-state index contributed by atoms with van der Waals surface area (Å²) < 4.78 is 5.24. The maximum absolute atomic E-state index is 12.5. The number of methoxy groups -OCH3 is 1. The Morgan fingerprint density at radius 3 is 2.36 bits per heavy atom. The molecule has 0 radical (unpaired) electrons. The van der Waals surface area contributed by atoms with Crippen LogP contribution in [-0.4, -0.2) is 24.1 Å². The number of ether oxygens (including phenoxy) is 1. The number of benzene rings is 2. The summed E-state index contributed by atoms with van der Waals surface area (Å²) in [7, 11) is 1.53. The van der Waals surface area contributed by atoms with Gasteiger partial charge in [-0.3, -0.25) is 4.79 Å². The number of hydrogen-bond donors (Lipinski definition) is 2. The van der Waals surface area contributed by atoms with Crippen molar-refractivity contribution in [3.63, 3.8) is 0 Å². The minimum absolute atomic E-state index is 0.0205. The van der Waals surface area contributed by atoms with Crippen LogP contribution in [-0.2, 0) is 21.5 Å². The van der Waals surface area contributed by atoms with Gasteiger partial charge in [0, 0.05) is 10.6 Å². The predicted molar refractivity (Wildman–Crippen MR) is 95.9 cm³/mol. The van der Waals surface area contributed by atoms with E-state index in [1.807, 2.05) is 6.07 Å². The van der Waals surface area contributed by atoms with Crippen LogP contribution in [0.4, 0.5) is 0 Å². The molecule has 1 unspecified atom stereocenters. The monoisotopic (exact) mass is 361 g/mol. The molecule has 25 heavy (non-hydrogen) atoms. The number of carbonyl (C=O) groups excluding carboxylic acids is 1. The molecule has 0 aromatic heterocycles. The minimum Gasteiger partial charge on any atom is -0.496 e. The molecule has 2 rings (SSSR count). The Morgan fingerprint density at radius 2 is 1.80 bits per heavy atom. The van der Waals surface area contributed by atoms with E-state index in [-0.39, 0.29) is 12.8 Å². The largest absolute Gasteiger partial charge is 0.496 e. The van der Waals surface area contributed by atoms with Gasteiger partial charge in [0.2, 0.25) is 5.91 Å². The lowest BCUT2D eigenvalue weighted by atomic mass is 9.87. The van der Waals surface area contributed by atoms with Crippen molar-refractivity contribution in [3.8, 4) is 5.75 Å². The van der Waals surface area contributed by atoms with Gasteiger partial charge in [-0.2, -0.15) is 0 Å². The van der Waals surface area contributed by atoms with Gasteiger partial charge >= 0.3 is 5.97 Å². The van der Waals surface area contributed by atoms with Crippen molar-refractivity contribution >= 4 is 23.5 Å². The highest BCUT2D eigenvalue weighted by Crippen LogP contribution is 2.27. The van der Waals surface area contributed by atoms with E-state index in [1.54, 1.807) is 49.4 Å². The lowest BCUT2D eigenvalue weighted by molar-refractivity contribution is -0.148. The third-order valence-corrected chi connectivity index (χ3v) is 4.38. The maximum atomic E-state index is 12.5. The summed E-state index contributed by atoms with van der Waals surface area (Å²) >= 11 is 5.88. The van der Waals surface area contributed by atoms with Crippen LogP contribution in [0.2, 0.25) is 5.02 Å². The number of carboxylic acids is 1. The molecule has 0 fully saturated rings. The van der Waals surface area contributed by atoms with Gasteiger partial charge in [-0.1, -0.05) is 48.9 Å². The number of aliphatic carboxylic acids is 1. The van der Waals surface area contributed by atoms with Gasteiger partial charge < -0.3 is 15.2 Å². The second-order valence-electron chi connectivity index (χ2n) is 5.61. The number of halogens is 1. The van der Waals surface area contributed by atoms with Crippen molar-refractivity contribution in [1.29, 1.82) is 0 Å². The summed E-state index contributed by atoms with van der Waals surface area (Å²) in [6, 6.07) is 13.6. The molecule has 0 aliphatic rings. The fraction of sp³-hybridized carbons (Fsp3) is 0.263. The fourth-order valence-electron chi connectivity index (χ4n) is 2.73. The summed E-state index contributed by atoms with van der Waals surface area (Å²) in [5.41, 5.74) is -0.349. The van der Waals surface area contributed by atoms with Gasteiger partial charge in [0.05, 0.1) is 13.5 Å². The van der Waals surface area contributed by atoms with Crippen molar-refractivity contribution in [3.05, 3.63) is 64.7 Å². The Hall–Kier alpha value is -2.53. The Labute approximate surface area is 151 Å². The van der Waals surface area contributed by atoms with E-state index in [9.17, 15) is 14.7 Å². The molecule has 6 heteroatoms. The van der Waals surface area contributed by atoms with Crippen LogP contribution in [0.5, 0.6) is 5.75 Å². The number of para-hydroxylation sites is 1. The van der Waals surface area contributed by atoms with Crippen LogP contribution in [0.15, 0.2) is 48.5 Å². The van der Waals surface area contributed by atoms with Crippen LogP contribution in [0.1, 0.15) is 24.5 Å². The molecule has 2 aromatic rings. The molecular weight excluding hydrogens is 342 g/mol. The topological polar surface area (TPSA) is 75.6 Å². The number of carboxylic acid groups (broad SMARTS) is 1. The van der Waals surface area contributed by atoms with Crippen molar-refractivity contribution in [2.75, 3.05) is 7.11 Å². The second-order valence-corrected chi connectivity index (χ2v) is 6.04. The van der Waals surface area contributed by atoms with E-state index in [1.165, 1.54) is 7.11 Å². The van der Waals surface area contributed by atoms with Crippen LogP contribution >= 0.6 is 11.6 Å². The van der Waals surface area contributed by atoms with Crippen LogP contribution in [0, 0.1) is 0 Å². The van der Waals surface area contributed by atoms with Gasteiger partial charge in [0.15, 0.2) is 5.54 Å². The predicted octanol–water partition coefficient (Wildman–Crippen LogP) is 3.40. The number of nitrogens with one attached hydrogen (secondary N) is 1. The smallest absolute Gasteiger partial charge is 0.334 e. The van der Waals surface area contributed by atoms with E-state index < -0.39 is 17.4 Å². The molecule has 5 nitrogen and oxygen atoms in total. The lowest BCUT2D eigenvalue weighted by Crippen LogP contribution is -2.52. The third kappa shape index (κ3) is 4.12.